The number of rotatable bonds is 4. The monoisotopic (exact) mass is 312 g/mol. The second-order valence-corrected chi connectivity index (χ2v) is 8.31. The maximum Gasteiger partial charge on any atom is 0.0766 e. The van der Waals surface area contributed by atoms with Crippen LogP contribution in [0.4, 0.5) is 0 Å². The van der Waals surface area contributed by atoms with E-state index in [1.807, 2.05) is 0 Å². The summed E-state index contributed by atoms with van der Waals surface area (Å²) in [5, 5.41) is 0. The Morgan fingerprint density at radius 2 is 1.48 bits per heavy atom. The van der Waals surface area contributed by atoms with Crippen LogP contribution < -0.4 is 0 Å². The van der Waals surface area contributed by atoms with Gasteiger partial charge >= 0.3 is 0 Å². The molecule has 1 aromatic carbocycles. The molecule has 0 aromatic heterocycles. The smallest absolute Gasteiger partial charge is 0.0766 e. The van der Waals surface area contributed by atoms with Gasteiger partial charge in [-0.1, -0.05) is 59.8 Å². The Bertz CT molecular complexity index is 577. The summed E-state index contributed by atoms with van der Waals surface area (Å²) in [5.41, 5.74) is 7.64. The molecule has 3 rings (SSSR count). The molecule has 1 saturated heterocycles. The van der Waals surface area contributed by atoms with Crippen LogP contribution in [0.2, 0.25) is 0 Å². The second kappa shape index (κ2) is 6.43. The van der Waals surface area contributed by atoms with Gasteiger partial charge in [0.05, 0.1) is 12.2 Å². The molecular weight excluding hydrogens is 280 g/mol. The third-order valence-electron chi connectivity index (χ3n) is 5.43. The maximum atomic E-state index is 6.04. The minimum absolute atomic E-state index is 0.355. The fourth-order valence-corrected chi connectivity index (χ4v) is 4.06. The highest BCUT2D eigenvalue weighted by Crippen LogP contribution is 2.42. The fraction of sp³-hybridized carbons (Fsp3) is 0.636. The van der Waals surface area contributed by atoms with Crippen molar-refractivity contribution >= 4 is 5.57 Å². The molecule has 2 aliphatic rings. The van der Waals surface area contributed by atoms with Gasteiger partial charge in [-0.2, -0.15) is 0 Å². The van der Waals surface area contributed by atoms with Gasteiger partial charge < -0.3 is 4.74 Å². The molecule has 2 bridgehead atoms. The summed E-state index contributed by atoms with van der Waals surface area (Å²) in [6.45, 7) is 13.9. The van der Waals surface area contributed by atoms with Crippen LogP contribution in [0.5, 0.6) is 0 Å². The van der Waals surface area contributed by atoms with Gasteiger partial charge in [-0.3, -0.25) is 0 Å². The van der Waals surface area contributed by atoms with Crippen molar-refractivity contribution in [1.82, 2.24) is 0 Å². The minimum atomic E-state index is 0.355. The van der Waals surface area contributed by atoms with Gasteiger partial charge in [-0.05, 0) is 64.8 Å². The lowest BCUT2D eigenvalue weighted by atomic mass is 9.80. The molecular formula is C22H32O. The largest absolute Gasteiger partial charge is 0.371 e. The highest BCUT2D eigenvalue weighted by atomic mass is 16.5. The molecule has 2 aliphatic heterocycles. The average Bonchev–Trinajstić information content (AvgIpc) is 2.83. The Hall–Kier alpha value is -1.08. The molecule has 0 saturated carbocycles. The maximum absolute atomic E-state index is 6.04. The van der Waals surface area contributed by atoms with E-state index in [4.69, 9.17) is 4.74 Å². The van der Waals surface area contributed by atoms with Crippen molar-refractivity contribution in [2.24, 2.45) is 0 Å². The molecule has 0 amide bonds. The third-order valence-corrected chi connectivity index (χ3v) is 5.43. The molecule has 1 heteroatoms. The SMILES string of the molecule is CC(C)c1cc(C(C)C)c(C2=CC3CCC(C2)O3)c(C(C)C)c1. The van der Waals surface area contributed by atoms with Crippen LogP contribution in [0.25, 0.3) is 5.57 Å². The quantitative estimate of drug-likeness (QED) is 0.625. The predicted octanol–water partition coefficient (Wildman–Crippen LogP) is 6.39. The normalized spacial score (nSPS) is 24.0. The highest BCUT2D eigenvalue weighted by Gasteiger charge is 2.32. The summed E-state index contributed by atoms with van der Waals surface area (Å²) < 4.78 is 6.04. The number of ether oxygens (including phenoxy) is 1. The van der Waals surface area contributed by atoms with Crippen molar-refractivity contribution in [2.45, 2.75) is 90.8 Å². The minimum Gasteiger partial charge on any atom is -0.371 e. The van der Waals surface area contributed by atoms with Crippen molar-refractivity contribution in [3.05, 3.63) is 40.5 Å². The van der Waals surface area contributed by atoms with Gasteiger partial charge in [0.2, 0.25) is 0 Å². The Kier molecular flexibility index (Phi) is 4.69. The van der Waals surface area contributed by atoms with Gasteiger partial charge in [-0.15, -0.1) is 0 Å². The summed E-state index contributed by atoms with van der Waals surface area (Å²) >= 11 is 0. The number of fused-ring (bicyclic) bond motifs is 2. The molecule has 1 fully saturated rings. The zero-order valence-electron chi connectivity index (χ0n) is 15.6. The van der Waals surface area contributed by atoms with E-state index in [0.717, 1.165) is 6.42 Å². The van der Waals surface area contributed by atoms with Crippen molar-refractivity contribution in [1.29, 1.82) is 0 Å². The summed E-state index contributed by atoms with van der Waals surface area (Å²) in [6, 6.07) is 4.93. The van der Waals surface area contributed by atoms with E-state index in [0.29, 0.717) is 30.0 Å². The van der Waals surface area contributed by atoms with Gasteiger partial charge in [0.15, 0.2) is 0 Å². The number of hydrogen-bond acceptors (Lipinski definition) is 1. The van der Waals surface area contributed by atoms with Crippen LogP contribution in [0.15, 0.2) is 18.2 Å². The molecule has 1 aromatic rings. The number of benzene rings is 1. The predicted molar refractivity (Wildman–Crippen MR) is 99.2 cm³/mol. The first-order valence-electron chi connectivity index (χ1n) is 9.41. The Morgan fingerprint density at radius 1 is 0.870 bits per heavy atom. The fourth-order valence-electron chi connectivity index (χ4n) is 4.06. The highest BCUT2D eigenvalue weighted by molar-refractivity contribution is 5.74. The molecule has 0 radical (unpaired) electrons. The lowest BCUT2D eigenvalue weighted by Gasteiger charge is -2.28. The number of hydrogen-bond donors (Lipinski definition) is 0. The molecule has 1 nitrogen and oxygen atoms in total. The van der Waals surface area contributed by atoms with Gasteiger partial charge in [0, 0.05) is 0 Å². The van der Waals surface area contributed by atoms with Crippen LogP contribution in [-0.4, -0.2) is 12.2 Å². The lowest BCUT2D eigenvalue weighted by molar-refractivity contribution is 0.0671. The lowest BCUT2D eigenvalue weighted by Crippen LogP contribution is -2.17. The van der Waals surface area contributed by atoms with Gasteiger partial charge in [0.25, 0.3) is 0 Å². The van der Waals surface area contributed by atoms with Crippen molar-refractivity contribution < 1.29 is 4.74 Å². The molecule has 126 valence electrons. The molecule has 0 aliphatic carbocycles. The van der Waals surface area contributed by atoms with Gasteiger partial charge in [-0.25, -0.2) is 0 Å². The van der Waals surface area contributed by atoms with E-state index in [2.05, 4.69) is 59.8 Å². The van der Waals surface area contributed by atoms with Crippen LogP contribution >= 0.6 is 0 Å². The summed E-state index contributed by atoms with van der Waals surface area (Å²) in [6.07, 6.45) is 6.75. The Morgan fingerprint density at radius 3 is 1.96 bits per heavy atom. The zero-order chi connectivity index (χ0) is 16.7. The van der Waals surface area contributed by atoms with Crippen LogP contribution in [0.3, 0.4) is 0 Å². The molecule has 0 spiro atoms. The van der Waals surface area contributed by atoms with E-state index < -0.39 is 0 Å². The average molecular weight is 312 g/mol. The first-order valence-corrected chi connectivity index (χ1v) is 9.41. The summed E-state index contributed by atoms with van der Waals surface area (Å²) in [4.78, 5) is 0. The first-order chi connectivity index (χ1) is 10.9. The van der Waals surface area contributed by atoms with E-state index in [-0.39, 0.29) is 0 Å². The van der Waals surface area contributed by atoms with Crippen molar-refractivity contribution in [2.75, 3.05) is 0 Å². The standard InChI is InChI=1S/C22H32O/c1-13(2)16-11-20(14(3)4)22(21(12-16)15(5)6)17-9-18-7-8-19(10-17)23-18/h9,11-15,18-19H,7-8,10H2,1-6H3. The molecule has 2 atom stereocenters. The first kappa shape index (κ1) is 16.8. The van der Waals surface area contributed by atoms with E-state index in [1.165, 1.54) is 29.5 Å². The van der Waals surface area contributed by atoms with Crippen LogP contribution in [-0.2, 0) is 4.74 Å². The van der Waals surface area contributed by atoms with Crippen LogP contribution in [0, 0.1) is 0 Å². The summed E-state index contributed by atoms with van der Waals surface area (Å²) in [5.74, 6) is 1.70. The van der Waals surface area contributed by atoms with Crippen molar-refractivity contribution in [3.63, 3.8) is 0 Å². The molecule has 0 N–H and O–H groups in total. The molecule has 2 heterocycles. The van der Waals surface area contributed by atoms with E-state index >= 15 is 0 Å². The molecule has 23 heavy (non-hydrogen) atoms. The molecule has 2 unspecified atom stereocenters. The zero-order valence-corrected chi connectivity index (χ0v) is 15.6. The van der Waals surface area contributed by atoms with Crippen LogP contribution in [0.1, 0.15) is 101 Å². The third kappa shape index (κ3) is 3.26. The van der Waals surface area contributed by atoms with E-state index in [9.17, 15) is 0 Å². The Balaban J connectivity index is 2.17. The second-order valence-electron chi connectivity index (χ2n) is 8.31. The topological polar surface area (TPSA) is 9.23 Å². The van der Waals surface area contributed by atoms with E-state index in [1.54, 1.807) is 11.1 Å². The van der Waals surface area contributed by atoms with Crippen molar-refractivity contribution in [3.8, 4) is 0 Å². The Labute approximate surface area is 142 Å². The summed E-state index contributed by atoms with van der Waals surface area (Å²) in [7, 11) is 0. The van der Waals surface area contributed by atoms with Gasteiger partial charge in [0.1, 0.15) is 0 Å².